The first-order chi connectivity index (χ1) is 15.2. The molecule has 1 aromatic carbocycles. The van der Waals surface area contributed by atoms with Crippen LogP contribution in [0.15, 0.2) is 59.2 Å². The monoisotopic (exact) mass is 438 g/mol. The van der Waals surface area contributed by atoms with E-state index >= 15 is 0 Å². The van der Waals surface area contributed by atoms with Gasteiger partial charge in [-0.2, -0.15) is 4.98 Å². The van der Waals surface area contributed by atoms with E-state index in [-0.39, 0.29) is 0 Å². The van der Waals surface area contributed by atoms with Crippen molar-refractivity contribution in [2.75, 3.05) is 16.2 Å². The van der Waals surface area contributed by atoms with Crippen LogP contribution in [-0.2, 0) is 15.1 Å². The van der Waals surface area contributed by atoms with Crippen LogP contribution in [0.2, 0.25) is 0 Å². The molecule has 1 saturated carbocycles. The van der Waals surface area contributed by atoms with Crippen LogP contribution in [0.1, 0.15) is 32.1 Å². The van der Waals surface area contributed by atoms with Crippen molar-refractivity contribution in [3.63, 3.8) is 0 Å². The Balaban J connectivity index is 1.53. The van der Waals surface area contributed by atoms with Crippen molar-refractivity contribution in [2.45, 2.75) is 38.1 Å². The van der Waals surface area contributed by atoms with Crippen molar-refractivity contribution in [3.05, 3.63) is 54.9 Å². The largest absolute Gasteiger partial charge is 0.454 e. The molecule has 4 rings (SSSR count). The standard InChI is InChI=1S/C21H24N7O2S/c29-31(30)28-18-8-6-17(7-9-18)26-27-20-14-19(15-10-12-22-13-11-15)24-21(25-20)23-16-4-2-1-3-5-16/h6-14,16,26H,1-5H2,(H,28,29,30)(H2,23,24,25,27)/q-1. The fourth-order valence-corrected chi connectivity index (χ4v) is 3.81. The number of nitrogens with zero attached hydrogens (tertiary/aromatic N) is 4. The first-order valence-electron chi connectivity index (χ1n) is 10.2. The molecule has 1 fully saturated rings. The first kappa shape index (κ1) is 21.0. The van der Waals surface area contributed by atoms with Gasteiger partial charge in [0.25, 0.3) is 0 Å². The molecule has 0 bridgehead atoms. The Morgan fingerprint density at radius 2 is 1.71 bits per heavy atom. The Morgan fingerprint density at radius 1 is 0.968 bits per heavy atom. The van der Waals surface area contributed by atoms with Gasteiger partial charge in [-0.15, -0.1) is 0 Å². The minimum absolute atomic E-state index is 0.385. The quantitative estimate of drug-likeness (QED) is 0.231. The van der Waals surface area contributed by atoms with Crippen molar-refractivity contribution < 1.29 is 8.76 Å². The lowest BCUT2D eigenvalue weighted by Crippen LogP contribution is -2.24. The van der Waals surface area contributed by atoms with Crippen LogP contribution in [0.3, 0.4) is 0 Å². The summed E-state index contributed by atoms with van der Waals surface area (Å²) in [6.45, 7) is 0. The molecule has 0 aliphatic heterocycles. The van der Waals surface area contributed by atoms with Gasteiger partial charge in [0, 0.05) is 35.8 Å². The molecule has 2 aromatic heterocycles. The van der Waals surface area contributed by atoms with E-state index < -0.39 is 10.9 Å². The smallest absolute Gasteiger partial charge is 0.225 e. The molecule has 0 unspecified atom stereocenters. The fourth-order valence-electron chi connectivity index (χ4n) is 3.51. The number of hydrazine groups is 1. The Hall–Kier alpha value is -3.24. The maximum atomic E-state index is 10.8. The van der Waals surface area contributed by atoms with E-state index in [9.17, 15) is 4.21 Å². The number of nitrogens with one attached hydrogen (secondary N) is 3. The van der Waals surface area contributed by atoms with Gasteiger partial charge in [-0.1, -0.05) is 30.1 Å². The number of rotatable bonds is 7. The Kier molecular flexibility index (Phi) is 6.90. The third-order valence-electron chi connectivity index (χ3n) is 5.03. The highest BCUT2D eigenvalue weighted by molar-refractivity contribution is 7.68. The van der Waals surface area contributed by atoms with E-state index in [1.807, 2.05) is 18.2 Å². The summed E-state index contributed by atoms with van der Waals surface area (Å²) >= 11 is 0. The van der Waals surface area contributed by atoms with Crippen LogP contribution in [0.5, 0.6) is 0 Å². The molecular formula is C21H24N7O2S-. The summed E-state index contributed by atoms with van der Waals surface area (Å²) in [6.07, 6.45) is 9.46. The van der Waals surface area contributed by atoms with Crippen LogP contribution in [-0.4, -0.2) is 25.5 Å². The molecule has 0 atom stereocenters. The second kappa shape index (κ2) is 10.2. The van der Waals surface area contributed by atoms with E-state index in [0.29, 0.717) is 23.5 Å². The van der Waals surface area contributed by atoms with Crippen LogP contribution >= 0.6 is 0 Å². The predicted octanol–water partition coefficient (Wildman–Crippen LogP) is 4.97. The van der Waals surface area contributed by atoms with Gasteiger partial charge in [-0.3, -0.25) is 15.8 Å². The maximum Gasteiger partial charge on any atom is 0.225 e. The van der Waals surface area contributed by atoms with Gasteiger partial charge in [0.1, 0.15) is 0 Å². The topological polar surface area (TPSA) is 124 Å². The minimum Gasteiger partial charge on any atom is -0.454 e. The van der Waals surface area contributed by atoms with Gasteiger partial charge < -0.3 is 18.4 Å². The number of pyridine rings is 1. The van der Waals surface area contributed by atoms with Gasteiger partial charge in [0.05, 0.1) is 11.4 Å². The molecule has 4 N–H and O–H groups in total. The maximum absolute atomic E-state index is 10.8. The first-order valence-corrected chi connectivity index (χ1v) is 11.2. The zero-order valence-electron chi connectivity index (χ0n) is 16.9. The molecule has 9 nitrogen and oxygen atoms in total. The highest BCUT2D eigenvalue weighted by atomic mass is 32.2. The third kappa shape index (κ3) is 6.12. The summed E-state index contributed by atoms with van der Waals surface area (Å²) in [4.78, 5) is 13.4. The van der Waals surface area contributed by atoms with Crippen LogP contribution < -0.4 is 16.2 Å². The van der Waals surface area contributed by atoms with Crippen molar-refractivity contribution in [1.29, 1.82) is 0 Å². The molecule has 0 spiro atoms. The molecule has 1 aliphatic rings. The normalized spacial score (nSPS) is 15.4. The van der Waals surface area contributed by atoms with Crippen LogP contribution in [0.4, 0.5) is 23.1 Å². The minimum atomic E-state index is -2.22. The molecule has 0 radical (unpaired) electrons. The number of anilines is 3. The van der Waals surface area contributed by atoms with Gasteiger partial charge >= 0.3 is 0 Å². The zero-order chi connectivity index (χ0) is 21.5. The highest BCUT2D eigenvalue weighted by Crippen LogP contribution is 2.24. The van der Waals surface area contributed by atoms with E-state index in [4.69, 9.17) is 9.54 Å². The van der Waals surface area contributed by atoms with Crippen LogP contribution in [0, 0.1) is 0 Å². The molecule has 1 aliphatic carbocycles. The molecule has 31 heavy (non-hydrogen) atoms. The van der Waals surface area contributed by atoms with Gasteiger partial charge in [0.2, 0.25) is 5.95 Å². The van der Waals surface area contributed by atoms with E-state index in [1.165, 1.54) is 19.3 Å². The van der Waals surface area contributed by atoms with Crippen molar-refractivity contribution in [3.8, 4) is 11.3 Å². The Bertz CT molecular complexity index is 1080. The Labute approximate surface area is 182 Å². The third-order valence-corrected chi connectivity index (χ3v) is 5.39. The van der Waals surface area contributed by atoms with Crippen molar-refractivity contribution in [1.82, 2.24) is 15.0 Å². The summed E-state index contributed by atoms with van der Waals surface area (Å²) in [5.41, 5.74) is 9.13. The van der Waals surface area contributed by atoms with E-state index in [2.05, 4.69) is 30.5 Å². The van der Waals surface area contributed by atoms with Crippen LogP contribution in [0.25, 0.3) is 11.3 Å². The predicted molar refractivity (Wildman–Crippen MR) is 122 cm³/mol. The lowest BCUT2D eigenvalue weighted by molar-refractivity contribution is 0.461. The van der Waals surface area contributed by atoms with Gasteiger partial charge in [0.15, 0.2) is 5.82 Å². The molecule has 3 aromatic rings. The highest BCUT2D eigenvalue weighted by Gasteiger charge is 2.15. The summed E-state index contributed by atoms with van der Waals surface area (Å²) < 4.78 is 23.2. The average molecular weight is 439 g/mol. The molecule has 0 saturated heterocycles. The fraction of sp³-hybridized carbons (Fsp3) is 0.286. The van der Waals surface area contributed by atoms with E-state index in [1.54, 1.807) is 36.7 Å². The number of hydrogen-bond donors (Lipinski definition) is 4. The van der Waals surface area contributed by atoms with Gasteiger partial charge in [-0.05, 0) is 49.2 Å². The second-order valence-corrected chi connectivity index (χ2v) is 7.94. The second-order valence-electron chi connectivity index (χ2n) is 7.30. The average Bonchev–Trinajstić information content (AvgIpc) is 2.79. The SMILES string of the molecule is O=[S-](O)=Nc1ccc(NNc2cc(-c3ccncc3)nc(NC3CCCCC3)n2)cc1. The van der Waals surface area contributed by atoms with E-state index in [0.717, 1.165) is 29.8 Å². The lowest BCUT2D eigenvalue weighted by atomic mass is 9.96. The Morgan fingerprint density at radius 3 is 2.42 bits per heavy atom. The summed E-state index contributed by atoms with van der Waals surface area (Å²) in [5.74, 6) is 1.20. The lowest BCUT2D eigenvalue weighted by Gasteiger charge is -2.23. The molecular weight excluding hydrogens is 414 g/mol. The molecule has 10 heteroatoms. The van der Waals surface area contributed by atoms with Gasteiger partial charge in [-0.25, -0.2) is 4.98 Å². The summed E-state index contributed by atoms with van der Waals surface area (Å²) in [7, 11) is -2.22. The summed E-state index contributed by atoms with van der Waals surface area (Å²) in [5, 5.41) is 3.48. The molecule has 0 amide bonds. The summed E-state index contributed by atoms with van der Waals surface area (Å²) in [6, 6.07) is 12.9. The van der Waals surface area contributed by atoms with Crippen molar-refractivity contribution >= 4 is 34.0 Å². The molecule has 2 heterocycles. The number of hydrogen-bond acceptors (Lipinski definition) is 9. The van der Waals surface area contributed by atoms with Crippen molar-refractivity contribution in [2.24, 2.45) is 4.36 Å². The molecule has 162 valence electrons. The zero-order valence-corrected chi connectivity index (χ0v) is 17.7. The number of aromatic nitrogens is 3. The number of benzene rings is 1.